The summed E-state index contributed by atoms with van der Waals surface area (Å²) in [7, 11) is 1.46. The van der Waals surface area contributed by atoms with Gasteiger partial charge >= 0.3 is 0 Å². The summed E-state index contributed by atoms with van der Waals surface area (Å²) in [5.74, 6) is 0.729. The van der Waals surface area contributed by atoms with Crippen molar-refractivity contribution in [3.05, 3.63) is 28.0 Å². The molecule has 0 spiro atoms. The van der Waals surface area contributed by atoms with Gasteiger partial charge in [-0.05, 0) is 40.8 Å². The maximum atomic E-state index is 13.5. The van der Waals surface area contributed by atoms with Gasteiger partial charge in [0.2, 0.25) is 0 Å². The zero-order valence-corrected chi connectivity index (χ0v) is 12.8. The molecule has 4 heteroatoms. The number of halogens is 2. The minimum absolute atomic E-state index is 0.0439. The Hall–Kier alpha value is -0.900. The fourth-order valence-electron chi connectivity index (χ4n) is 2.63. The lowest BCUT2D eigenvalue weighted by Gasteiger charge is -2.25. The van der Waals surface area contributed by atoms with E-state index in [1.807, 2.05) is 0 Å². The van der Waals surface area contributed by atoms with Crippen LogP contribution in [0, 0.1) is 17.7 Å². The minimum Gasteiger partial charge on any atom is -0.496 e. The molecule has 0 amide bonds. The Bertz CT molecular complexity index is 479. The highest BCUT2D eigenvalue weighted by atomic mass is 79.9. The first-order chi connectivity index (χ1) is 9.02. The number of methoxy groups -OCH3 is 1. The van der Waals surface area contributed by atoms with Crippen molar-refractivity contribution >= 4 is 21.7 Å². The number of ketones is 1. The number of Topliss-reactive ketones (excluding diaryl/α,β-unsaturated/α-hetero) is 1. The molecule has 1 aromatic rings. The van der Waals surface area contributed by atoms with E-state index < -0.39 is 5.82 Å². The lowest BCUT2D eigenvalue weighted by atomic mass is 9.79. The van der Waals surface area contributed by atoms with E-state index in [0.29, 0.717) is 21.7 Å². The zero-order valence-electron chi connectivity index (χ0n) is 11.2. The third-order valence-electron chi connectivity index (χ3n) is 3.89. The van der Waals surface area contributed by atoms with Crippen LogP contribution in [0.1, 0.15) is 43.0 Å². The SMILES string of the molecule is COc1cc(F)c(Br)cc1C(=O)C1CCC(C)CC1. The van der Waals surface area contributed by atoms with Crippen molar-refractivity contribution in [3.63, 3.8) is 0 Å². The Morgan fingerprint density at radius 3 is 2.53 bits per heavy atom. The van der Waals surface area contributed by atoms with Crippen molar-refractivity contribution in [2.24, 2.45) is 11.8 Å². The first-order valence-corrected chi connectivity index (χ1v) is 7.39. The van der Waals surface area contributed by atoms with Gasteiger partial charge in [-0.1, -0.05) is 19.8 Å². The fourth-order valence-corrected chi connectivity index (χ4v) is 2.98. The fraction of sp³-hybridized carbons (Fsp3) is 0.533. The van der Waals surface area contributed by atoms with Gasteiger partial charge < -0.3 is 4.74 Å². The summed E-state index contributed by atoms with van der Waals surface area (Å²) in [5.41, 5.74) is 0.482. The molecule has 1 aliphatic carbocycles. The van der Waals surface area contributed by atoms with Gasteiger partial charge in [-0.3, -0.25) is 4.79 Å². The summed E-state index contributed by atoms with van der Waals surface area (Å²) in [6, 6.07) is 2.80. The lowest BCUT2D eigenvalue weighted by molar-refractivity contribution is 0.0872. The van der Waals surface area contributed by atoms with Crippen LogP contribution in [0.2, 0.25) is 0 Å². The topological polar surface area (TPSA) is 26.3 Å². The Morgan fingerprint density at radius 1 is 1.32 bits per heavy atom. The van der Waals surface area contributed by atoms with E-state index in [1.54, 1.807) is 0 Å². The van der Waals surface area contributed by atoms with Gasteiger partial charge in [-0.25, -0.2) is 4.39 Å². The lowest BCUT2D eigenvalue weighted by Crippen LogP contribution is -2.21. The number of carbonyl (C=O) groups is 1. The van der Waals surface area contributed by atoms with E-state index in [-0.39, 0.29) is 11.7 Å². The molecule has 1 aliphatic rings. The van der Waals surface area contributed by atoms with Crippen LogP contribution in [-0.2, 0) is 0 Å². The Labute approximate surface area is 121 Å². The van der Waals surface area contributed by atoms with Crippen LogP contribution >= 0.6 is 15.9 Å². The van der Waals surface area contributed by atoms with Crippen LogP contribution in [0.3, 0.4) is 0 Å². The maximum Gasteiger partial charge on any atom is 0.169 e. The third kappa shape index (κ3) is 3.16. The van der Waals surface area contributed by atoms with E-state index in [0.717, 1.165) is 25.7 Å². The van der Waals surface area contributed by atoms with E-state index >= 15 is 0 Å². The van der Waals surface area contributed by atoms with Crippen LogP contribution in [0.25, 0.3) is 0 Å². The molecule has 1 fully saturated rings. The van der Waals surface area contributed by atoms with Crippen molar-refractivity contribution in [2.45, 2.75) is 32.6 Å². The average molecular weight is 329 g/mol. The van der Waals surface area contributed by atoms with Gasteiger partial charge in [0, 0.05) is 12.0 Å². The van der Waals surface area contributed by atoms with Crippen LogP contribution < -0.4 is 4.74 Å². The van der Waals surface area contributed by atoms with Crippen molar-refractivity contribution < 1.29 is 13.9 Å². The van der Waals surface area contributed by atoms with Crippen LogP contribution in [0.4, 0.5) is 4.39 Å². The number of rotatable bonds is 3. The second-order valence-electron chi connectivity index (χ2n) is 5.29. The molecule has 0 N–H and O–H groups in total. The van der Waals surface area contributed by atoms with Crippen LogP contribution in [0.15, 0.2) is 16.6 Å². The van der Waals surface area contributed by atoms with Crippen molar-refractivity contribution in [3.8, 4) is 5.75 Å². The third-order valence-corrected chi connectivity index (χ3v) is 4.50. The molecule has 19 heavy (non-hydrogen) atoms. The molecule has 2 nitrogen and oxygen atoms in total. The highest BCUT2D eigenvalue weighted by molar-refractivity contribution is 9.10. The van der Waals surface area contributed by atoms with E-state index in [2.05, 4.69) is 22.9 Å². The van der Waals surface area contributed by atoms with E-state index in [9.17, 15) is 9.18 Å². The molecule has 0 bridgehead atoms. The summed E-state index contributed by atoms with van der Waals surface area (Å²) < 4.78 is 18.9. The first kappa shape index (κ1) is 14.5. The van der Waals surface area contributed by atoms with E-state index in [4.69, 9.17) is 4.74 Å². The normalized spacial score (nSPS) is 23.2. The molecule has 0 unspecified atom stereocenters. The van der Waals surface area contributed by atoms with Crippen LogP contribution in [-0.4, -0.2) is 12.9 Å². The summed E-state index contributed by atoms with van der Waals surface area (Å²) in [4.78, 5) is 12.5. The maximum absolute atomic E-state index is 13.5. The van der Waals surface area contributed by atoms with Crippen molar-refractivity contribution in [2.75, 3.05) is 7.11 Å². The molecule has 0 aliphatic heterocycles. The number of carbonyl (C=O) groups excluding carboxylic acids is 1. The Kier molecular flexibility index (Phi) is 4.61. The highest BCUT2D eigenvalue weighted by Crippen LogP contribution is 2.34. The van der Waals surface area contributed by atoms with E-state index in [1.165, 1.54) is 19.2 Å². The predicted octanol–water partition coefficient (Wildman–Crippen LogP) is 4.61. The highest BCUT2D eigenvalue weighted by Gasteiger charge is 2.27. The molecule has 1 aromatic carbocycles. The predicted molar refractivity (Wildman–Crippen MR) is 76.1 cm³/mol. The van der Waals surface area contributed by atoms with Crippen molar-refractivity contribution in [1.29, 1.82) is 0 Å². The second kappa shape index (κ2) is 6.04. The van der Waals surface area contributed by atoms with Crippen LogP contribution in [0.5, 0.6) is 5.75 Å². The van der Waals surface area contributed by atoms with Gasteiger partial charge in [0.25, 0.3) is 0 Å². The molecular weight excluding hydrogens is 311 g/mol. The summed E-state index contributed by atoms with van der Waals surface area (Å²) in [6.45, 7) is 2.22. The van der Waals surface area contributed by atoms with Gasteiger partial charge in [-0.15, -0.1) is 0 Å². The molecule has 0 atom stereocenters. The number of benzene rings is 1. The number of ether oxygens (including phenoxy) is 1. The molecule has 0 aromatic heterocycles. The molecule has 0 saturated heterocycles. The molecule has 1 saturated carbocycles. The quantitative estimate of drug-likeness (QED) is 0.757. The largest absolute Gasteiger partial charge is 0.496 e. The van der Waals surface area contributed by atoms with Gasteiger partial charge in [0.15, 0.2) is 5.78 Å². The molecular formula is C15H18BrFO2. The standard InChI is InChI=1S/C15H18BrFO2/c1-9-3-5-10(6-4-9)15(18)11-7-12(16)13(17)8-14(11)19-2/h7-10H,3-6H2,1-2H3. The Balaban J connectivity index is 2.25. The summed E-state index contributed by atoms with van der Waals surface area (Å²) >= 11 is 3.13. The molecule has 0 radical (unpaired) electrons. The summed E-state index contributed by atoms with van der Waals surface area (Å²) in [6.07, 6.45) is 4.00. The Morgan fingerprint density at radius 2 is 1.95 bits per heavy atom. The van der Waals surface area contributed by atoms with Gasteiger partial charge in [0.05, 0.1) is 17.1 Å². The zero-order chi connectivity index (χ0) is 14.0. The smallest absolute Gasteiger partial charge is 0.169 e. The van der Waals surface area contributed by atoms with Crippen molar-refractivity contribution in [1.82, 2.24) is 0 Å². The second-order valence-corrected chi connectivity index (χ2v) is 6.14. The summed E-state index contributed by atoms with van der Waals surface area (Å²) in [5, 5.41) is 0. The molecule has 2 rings (SSSR count). The van der Waals surface area contributed by atoms with Gasteiger partial charge in [-0.2, -0.15) is 0 Å². The first-order valence-electron chi connectivity index (χ1n) is 6.60. The molecule has 0 heterocycles. The van der Waals surface area contributed by atoms with Gasteiger partial charge in [0.1, 0.15) is 11.6 Å². The number of hydrogen-bond acceptors (Lipinski definition) is 2. The monoisotopic (exact) mass is 328 g/mol. The average Bonchev–Trinajstić information content (AvgIpc) is 2.41. The number of hydrogen-bond donors (Lipinski definition) is 0. The molecule has 104 valence electrons. The minimum atomic E-state index is -0.411.